The van der Waals surface area contributed by atoms with Crippen molar-refractivity contribution in [3.05, 3.63) is 67.0 Å². The lowest BCUT2D eigenvalue weighted by Gasteiger charge is -2.34. The summed E-state index contributed by atoms with van der Waals surface area (Å²) >= 11 is 0. The van der Waals surface area contributed by atoms with E-state index < -0.39 is 0 Å². The van der Waals surface area contributed by atoms with Gasteiger partial charge in [0.2, 0.25) is 0 Å². The van der Waals surface area contributed by atoms with Gasteiger partial charge in [-0.1, -0.05) is 49.6 Å². The van der Waals surface area contributed by atoms with Crippen LogP contribution in [0.5, 0.6) is 0 Å². The van der Waals surface area contributed by atoms with Crippen LogP contribution in [-0.2, 0) is 0 Å². The number of hydrogen-bond acceptors (Lipinski definition) is 3. The maximum atomic E-state index is 13.2. The van der Waals surface area contributed by atoms with Crippen LogP contribution in [0.1, 0.15) is 32.1 Å². The van der Waals surface area contributed by atoms with Crippen molar-refractivity contribution in [1.82, 2.24) is 14.9 Å². The highest BCUT2D eigenvalue weighted by atomic mass is 16.2. The quantitative estimate of drug-likeness (QED) is 0.570. The van der Waals surface area contributed by atoms with Gasteiger partial charge in [0.25, 0.3) is 0 Å². The molecule has 1 aromatic carbocycles. The maximum absolute atomic E-state index is 13.2. The summed E-state index contributed by atoms with van der Waals surface area (Å²) < 4.78 is 0. The molecule has 0 aliphatic heterocycles. The number of nitrogens with zero attached hydrogens (tertiary/aromatic N) is 4. The molecule has 0 saturated heterocycles. The first-order chi connectivity index (χ1) is 14.6. The minimum atomic E-state index is 0.0346. The fourth-order valence-electron chi connectivity index (χ4n) is 4.19. The molecule has 1 fully saturated rings. The second-order valence-electron chi connectivity index (χ2n) is 7.91. The predicted octanol–water partition coefficient (Wildman–Crippen LogP) is 5.63. The lowest BCUT2D eigenvalue weighted by molar-refractivity contribution is 0.181. The molecule has 0 N–H and O–H groups in total. The fourth-order valence-corrected chi connectivity index (χ4v) is 4.19. The van der Waals surface area contributed by atoms with E-state index in [0.717, 1.165) is 41.0 Å². The first kappa shape index (κ1) is 20.1. The number of carbonyl (C=O) groups is 1. The Hall–Kier alpha value is -3.21. The lowest BCUT2D eigenvalue weighted by Crippen LogP contribution is -2.45. The molecule has 0 radical (unpaired) electrons. The minimum Gasteiger partial charge on any atom is -0.324 e. The minimum absolute atomic E-state index is 0.0346. The lowest BCUT2D eigenvalue weighted by atomic mass is 9.94. The molecule has 2 heterocycles. The van der Waals surface area contributed by atoms with E-state index >= 15 is 0 Å². The molecule has 1 saturated carbocycles. The summed E-state index contributed by atoms with van der Waals surface area (Å²) in [4.78, 5) is 25.8. The Kier molecular flexibility index (Phi) is 6.07. The number of amides is 2. The average Bonchev–Trinajstić information content (AvgIpc) is 2.84. The Morgan fingerprint density at radius 1 is 0.867 bits per heavy atom. The number of anilines is 1. The van der Waals surface area contributed by atoms with Crippen molar-refractivity contribution < 1.29 is 4.79 Å². The van der Waals surface area contributed by atoms with E-state index in [1.54, 1.807) is 11.1 Å². The molecular formula is C25H28N4O. The zero-order valence-electron chi connectivity index (χ0n) is 17.7. The molecule has 1 aliphatic rings. The van der Waals surface area contributed by atoms with E-state index in [4.69, 9.17) is 0 Å². The van der Waals surface area contributed by atoms with Crippen LogP contribution in [0.3, 0.4) is 0 Å². The van der Waals surface area contributed by atoms with Gasteiger partial charge in [-0.25, -0.2) is 4.79 Å². The second-order valence-corrected chi connectivity index (χ2v) is 7.91. The summed E-state index contributed by atoms with van der Waals surface area (Å²) in [5.41, 5.74) is 4.53. The number of benzene rings is 1. The standard InChI is InChI=1S/C25H28N4O/c1-28(20-10-4-3-5-11-20)25(30)29(2)24-14-7-6-12-21(24)19-15-16-23(27-18-19)22-13-8-9-17-26-22/h6-9,12-18,20H,3-5,10-11H2,1-2H3. The largest absolute Gasteiger partial charge is 0.324 e. The number of pyridine rings is 2. The third kappa shape index (κ3) is 4.20. The van der Waals surface area contributed by atoms with Crippen LogP contribution >= 0.6 is 0 Å². The van der Waals surface area contributed by atoms with Gasteiger partial charge in [-0.05, 0) is 37.1 Å². The van der Waals surface area contributed by atoms with E-state index in [9.17, 15) is 4.79 Å². The van der Waals surface area contributed by atoms with Crippen LogP contribution in [0.15, 0.2) is 67.0 Å². The van der Waals surface area contributed by atoms with Crippen molar-refractivity contribution >= 4 is 11.7 Å². The molecule has 0 spiro atoms. The van der Waals surface area contributed by atoms with Gasteiger partial charge >= 0.3 is 6.03 Å². The van der Waals surface area contributed by atoms with Crippen LogP contribution in [-0.4, -0.2) is 41.0 Å². The van der Waals surface area contributed by atoms with Crippen LogP contribution in [0.2, 0.25) is 0 Å². The van der Waals surface area contributed by atoms with Crippen molar-refractivity contribution in [2.45, 2.75) is 38.1 Å². The highest BCUT2D eigenvalue weighted by Crippen LogP contribution is 2.32. The van der Waals surface area contributed by atoms with Crippen LogP contribution in [0.4, 0.5) is 10.5 Å². The second kappa shape index (κ2) is 9.08. The number of rotatable bonds is 4. The van der Waals surface area contributed by atoms with Crippen molar-refractivity contribution in [2.24, 2.45) is 0 Å². The smallest absolute Gasteiger partial charge is 0.324 e. The Labute approximate surface area is 178 Å². The molecule has 0 atom stereocenters. The molecule has 0 unspecified atom stereocenters. The third-order valence-electron chi connectivity index (χ3n) is 5.98. The molecule has 5 heteroatoms. The van der Waals surface area contributed by atoms with Gasteiger partial charge in [-0.2, -0.15) is 0 Å². The van der Waals surface area contributed by atoms with Crippen molar-refractivity contribution in [1.29, 1.82) is 0 Å². The Morgan fingerprint density at radius 3 is 2.30 bits per heavy atom. The molecule has 30 heavy (non-hydrogen) atoms. The van der Waals surface area contributed by atoms with Crippen molar-refractivity contribution in [2.75, 3.05) is 19.0 Å². The van der Waals surface area contributed by atoms with Gasteiger partial charge in [0.05, 0.1) is 17.1 Å². The maximum Gasteiger partial charge on any atom is 0.324 e. The van der Waals surface area contributed by atoms with E-state index in [-0.39, 0.29) is 6.03 Å². The Bertz CT molecular complexity index is 982. The molecule has 154 valence electrons. The summed E-state index contributed by atoms with van der Waals surface area (Å²) in [7, 11) is 3.79. The first-order valence-electron chi connectivity index (χ1n) is 10.6. The molecule has 2 amide bonds. The summed E-state index contributed by atoms with van der Waals surface area (Å²) in [5, 5.41) is 0. The zero-order chi connectivity index (χ0) is 20.9. The third-order valence-corrected chi connectivity index (χ3v) is 5.98. The molecular weight excluding hydrogens is 372 g/mol. The van der Waals surface area contributed by atoms with Gasteiger partial charge in [-0.15, -0.1) is 0 Å². The van der Waals surface area contributed by atoms with E-state index in [1.165, 1.54) is 19.3 Å². The molecule has 2 aromatic heterocycles. The number of hydrogen-bond donors (Lipinski definition) is 0. The van der Waals surface area contributed by atoms with Crippen LogP contribution in [0.25, 0.3) is 22.5 Å². The normalized spacial score (nSPS) is 14.3. The summed E-state index contributed by atoms with van der Waals surface area (Å²) in [5.74, 6) is 0. The van der Waals surface area contributed by atoms with Crippen molar-refractivity contribution in [3.8, 4) is 22.5 Å². The fraction of sp³-hybridized carbons (Fsp3) is 0.320. The predicted molar refractivity (Wildman–Crippen MR) is 121 cm³/mol. The van der Waals surface area contributed by atoms with E-state index in [1.807, 2.05) is 79.8 Å². The number of para-hydroxylation sites is 1. The molecule has 5 nitrogen and oxygen atoms in total. The van der Waals surface area contributed by atoms with E-state index in [0.29, 0.717) is 6.04 Å². The van der Waals surface area contributed by atoms with Crippen LogP contribution < -0.4 is 4.90 Å². The highest BCUT2D eigenvalue weighted by Gasteiger charge is 2.26. The van der Waals surface area contributed by atoms with Gasteiger partial charge in [-0.3, -0.25) is 14.9 Å². The molecule has 3 aromatic rings. The topological polar surface area (TPSA) is 49.3 Å². The zero-order valence-corrected chi connectivity index (χ0v) is 17.7. The monoisotopic (exact) mass is 400 g/mol. The van der Waals surface area contributed by atoms with Gasteiger partial charge < -0.3 is 4.90 Å². The average molecular weight is 401 g/mol. The molecule has 0 bridgehead atoms. The van der Waals surface area contributed by atoms with Gasteiger partial charge in [0.1, 0.15) is 0 Å². The number of carbonyl (C=O) groups excluding carboxylic acids is 1. The van der Waals surface area contributed by atoms with Crippen LogP contribution in [0, 0.1) is 0 Å². The SMILES string of the molecule is CN(C(=O)N(C)C1CCCCC1)c1ccccc1-c1ccc(-c2ccccn2)nc1. The van der Waals surface area contributed by atoms with Crippen molar-refractivity contribution in [3.63, 3.8) is 0 Å². The molecule has 4 rings (SSSR count). The summed E-state index contributed by atoms with van der Waals surface area (Å²) in [6.45, 7) is 0. The first-order valence-corrected chi connectivity index (χ1v) is 10.6. The van der Waals surface area contributed by atoms with Gasteiger partial charge in [0, 0.05) is 43.7 Å². The highest BCUT2D eigenvalue weighted by molar-refractivity contribution is 5.96. The van der Waals surface area contributed by atoms with E-state index in [2.05, 4.69) is 9.97 Å². The Balaban J connectivity index is 1.58. The number of urea groups is 1. The number of aromatic nitrogens is 2. The van der Waals surface area contributed by atoms with Gasteiger partial charge in [0.15, 0.2) is 0 Å². The Morgan fingerprint density at radius 2 is 1.60 bits per heavy atom. The summed E-state index contributed by atoms with van der Waals surface area (Å²) in [6, 6.07) is 18.2. The molecule has 1 aliphatic carbocycles. The summed E-state index contributed by atoms with van der Waals surface area (Å²) in [6.07, 6.45) is 9.50.